The van der Waals surface area contributed by atoms with Crippen molar-refractivity contribution in [3.63, 3.8) is 0 Å². The largest absolute Gasteiger partial charge is 0.494 e. The quantitative estimate of drug-likeness (QED) is 0.847. The molecular formula is C19H21ClN2O3. The zero-order chi connectivity index (χ0) is 17.7. The Labute approximate surface area is 152 Å². The molecule has 1 aromatic carbocycles. The maximum absolute atomic E-state index is 12.0. The molecule has 1 atom stereocenters. The molecule has 0 saturated carbocycles. The van der Waals surface area contributed by atoms with Gasteiger partial charge in [-0.15, -0.1) is 0 Å². The van der Waals surface area contributed by atoms with E-state index < -0.39 is 11.4 Å². The number of nitrogens with zero attached hydrogens (tertiary/aromatic N) is 2. The van der Waals surface area contributed by atoms with Crippen molar-refractivity contribution < 1.29 is 14.6 Å². The first-order valence-corrected chi connectivity index (χ1v) is 8.75. The molecule has 6 heteroatoms. The maximum atomic E-state index is 12.0. The first kappa shape index (κ1) is 17.5. The zero-order valence-corrected chi connectivity index (χ0v) is 14.7. The molecule has 0 amide bonds. The van der Waals surface area contributed by atoms with E-state index in [4.69, 9.17) is 16.3 Å². The highest BCUT2D eigenvalue weighted by atomic mass is 35.5. The van der Waals surface area contributed by atoms with Crippen LogP contribution in [-0.2, 0) is 4.79 Å². The number of carboxylic acids is 1. The Morgan fingerprint density at radius 3 is 2.76 bits per heavy atom. The second-order valence-corrected chi connectivity index (χ2v) is 6.79. The Morgan fingerprint density at radius 1 is 1.28 bits per heavy atom. The van der Waals surface area contributed by atoms with Gasteiger partial charge in [0.25, 0.3) is 0 Å². The summed E-state index contributed by atoms with van der Waals surface area (Å²) in [4.78, 5) is 18.4. The number of anilines is 1. The predicted molar refractivity (Wildman–Crippen MR) is 97.3 cm³/mol. The summed E-state index contributed by atoms with van der Waals surface area (Å²) in [6.07, 6.45) is 3.50. The van der Waals surface area contributed by atoms with Gasteiger partial charge in [-0.1, -0.05) is 29.8 Å². The molecule has 25 heavy (non-hydrogen) atoms. The van der Waals surface area contributed by atoms with Crippen molar-refractivity contribution in [2.45, 2.75) is 19.3 Å². The third-order valence-corrected chi connectivity index (χ3v) is 4.88. The van der Waals surface area contributed by atoms with Gasteiger partial charge in [-0.25, -0.2) is 4.98 Å². The van der Waals surface area contributed by atoms with Gasteiger partial charge in [0.15, 0.2) is 0 Å². The number of benzene rings is 1. The van der Waals surface area contributed by atoms with Crippen molar-refractivity contribution in [3.05, 3.63) is 53.7 Å². The Balaban J connectivity index is 1.68. The van der Waals surface area contributed by atoms with E-state index in [-0.39, 0.29) is 0 Å². The summed E-state index contributed by atoms with van der Waals surface area (Å²) in [7, 11) is 0. The van der Waals surface area contributed by atoms with Crippen LogP contribution in [0, 0.1) is 5.41 Å². The summed E-state index contributed by atoms with van der Waals surface area (Å²) in [6.45, 7) is 1.59. The minimum atomic E-state index is -0.825. The molecule has 0 radical (unpaired) electrons. The molecule has 2 heterocycles. The fourth-order valence-electron chi connectivity index (χ4n) is 3.25. The Kier molecular flexibility index (Phi) is 5.43. The summed E-state index contributed by atoms with van der Waals surface area (Å²) in [5.41, 5.74) is -0.825. The van der Waals surface area contributed by atoms with Gasteiger partial charge in [0.05, 0.1) is 17.0 Å². The van der Waals surface area contributed by atoms with E-state index in [0.717, 1.165) is 24.5 Å². The molecule has 0 spiro atoms. The van der Waals surface area contributed by atoms with Gasteiger partial charge in [-0.05, 0) is 43.5 Å². The molecular weight excluding hydrogens is 340 g/mol. The minimum Gasteiger partial charge on any atom is -0.494 e. The molecule has 132 valence electrons. The second kappa shape index (κ2) is 7.74. The SMILES string of the molecule is O=C(O)C1(CCOc2ccccc2)CCCN(c2ccc(Cl)cn2)C1. The molecule has 1 aliphatic rings. The monoisotopic (exact) mass is 360 g/mol. The van der Waals surface area contributed by atoms with E-state index in [9.17, 15) is 9.90 Å². The van der Waals surface area contributed by atoms with Crippen LogP contribution in [-0.4, -0.2) is 35.8 Å². The van der Waals surface area contributed by atoms with E-state index in [1.54, 1.807) is 12.3 Å². The van der Waals surface area contributed by atoms with Crippen LogP contribution in [0.2, 0.25) is 5.02 Å². The number of halogens is 1. The molecule has 1 aliphatic heterocycles. The van der Waals surface area contributed by atoms with Crippen molar-refractivity contribution in [2.24, 2.45) is 5.41 Å². The maximum Gasteiger partial charge on any atom is 0.311 e. The summed E-state index contributed by atoms with van der Waals surface area (Å²) < 4.78 is 5.73. The van der Waals surface area contributed by atoms with E-state index in [1.165, 1.54) is 0 Å². The fourth-order valence-corrected chi connectivity index (χ4v) is 3.36. The van der Waals surface area contributed by atoms with Crippen LogP contribution in [0.25, 0.3) is 0 Å². The summed E-state index contributed by atoms with van der Waals surface area (Å²) in [6, 6.07) is 13.1. The van der Waals surface area contributed by atoms with E-state index in [2.05, 4.69) is 4.98 Å². The summed E-state index contributed by atoms with van der Waals surface area (Å²) in [5.74, 6) is 0.747. The Hall–Kier alpha value is -2.27. The normalized spacial score (nSPS) is 20.3. The number of hydrogen-bond donors (Lipinski definition) is 1. The number of carboxylic acid groups (broad SMARTS) is 1. The molecule has 1 aromatic heterocycles. The summed E-state index contributed by atoms with van der Waals surface area (Å²) >= 11 is 5.89. The predicted octanol–water partition coefficient (Wildman–Crippen LogP) is 3.88. The third-order valence-electron chi connectivity index (χ3n) is 4.66. The minimum absolute atomic E-state index is 0.373. The van der Waals surface area contributed by atoms with Crippen LogP contribution in [0.1, 0.15) is 19.3 Å². The fraction of sp³-hybridized carbons (Fsp3) is 0.368. The smallest absolute Gasteiger partial charge is 0.311 e. The number of aliphatic carboxylic acids is 1. The number of ether oxygens (including phenoxy) is 1. The standard InChI is InChI=1S/C19H21ClN2O3/c20-15-7-8-17(21-13-15)22-11-4-9-19(14-22,18(23)24)10-12-25-16-5-2-1-3-6-16/h1-3,5-8,13H,4,9-12,14H2,(H,23,24). The molecule has 1 N–H and O–H groups in total. The van der Waals surface area contributed by atoms with Gasteiger partial charge >= 0.3 is 5.97 Å². The van der Waals surface area contributed by atoms with Gasteiger partial charge < -0.3 is 14.7 Å². The third kappa shape index (κ3) is 4.23. The molecule has 2 aromatic rings. The average molecular weight is 361 g/mol. The molecule has 3 rings (SSSR count). The first-order chi connectivity index (χ1) is 12.1. The summed E-state index contributed by atoms with van der Waals surface area (Å²) in [5, 5.41) is 10.4. The van der Waals surface area contributed by atoms with Gasteiger partial charge in [0.2, 0.25) is 0 Å². The lowest BCUT2D eigenvalue weighted by molar-refractivity contribution is -0.150. The molecule has 1 saturated heterocycles. The number of para-hydroxylation sites is 1. The Morgan fingerprint density at radius 2 is 2.08 bits per heavy atom. The van der Waals surface area contributed by atoms with Crippen LogP contribution >= 0.6 is 11.6 Å². The second-order valence-electron chi connectivity index (χ2n) is 6.36. The molecule has 5 nitrogen and oxygen atoms in total. The number of pyridine rings is 1. The topological polar surface area (TPSA) is 62.7 Å². The first-order valence-electron chi connectivity index (χ1n) is 8.37. The van der Waals surface area contributed by atoms with Crippen molar-refractivity contribution in [1.29, 1.82) is 0 Å². The van der Waals surface area contributed by atoms with Crippen LogP contribution < -0.4 is 9.64 Å². The van der Waals surface area contributed by atoms with Crippen molar-refractivity contribution in [3.8, 4) is 5.75 Å². The molecule has 1 fully saturated rings. The zero-order valence-electron chi connectivity index (χ0n) is 13.9. The highest BCUT2D eigenvalue weighted by Gasteiger charge is 2.42. The number of aromatic nitrogens is 1. The lowest BCUT2D eigenvalue weighted by atomic mass is 9.77. The molecule has 0 aliphatic carbocycles. The van der Waals surface area contributed by atoms with E-state index in [1.807, 2.05) is 41.3 Å². The molecule has 1 unspecified atom stereocenters. The van der Waals surface area contributed by atoms with E-state index >= 15 is 0 Å². The van der Waals surface area contributed by atoms with Crippen LogP contribution in [0.5, 0.6) is 5.75 Å². The average Bonchev–Trinajstić information content (AvgIpc) is 2.63. The lowest BCUT2D eigenvalue weighted by Gasteiger charge is -2.40. The van der Waals surface area contributed by atoms with Crippen molar-refractivity contribution >= 4 is 23.4 Å². The number of carbonyl (C=O) groups is 1. The highest BCUT2D eigenvalue weighted by Crippen LogP contribution is 2.36. The van der Waals surface area contributed by atoms with Crippen LogP contribution in [0.3, 0.4) is 0 Å². The van der Waals surface area contributed by atoms with Gasteiger partial charge in [-0.2, -0.15) is 0 Å². The van der Waals surface area contributed by atoms with Crippen molar-refractivity contribution in [1.82, 2.24) is 4.98 Å². The number of piperidine rings is 1. The highest BCUT2D eigenvalue weighted by molar-refractivity contribution is 6.30. The lowest BCUT2D eigenvalue weighted by Crippen LogP contribution is -2.49. The van der Waals surface area contributed by atoms with Crippen LogP contribution in [0.4, 0.5) is 5.82 Å². The van der Waals surface area contributed by atoms with Crippen molar-refractivity contribution in [2.75, 3.05) is 24.6 Å². The van der Waals surface area contributed by atoms with Gasteiger partial charge in [0, 0.05) is 19.3 Å². The van der Waals surface area contributed by atoms with E-state index in [0.29, 0.717) is 31.0 Å². The number of rotatable bonds is 6. The van der Waals surface area contributed by atoms with Crippen LogP contribution in [0.15, 0.2) is 48.7 Å². The van der Waals surface area contributed by atoms with Gasteiger partial charge in [-0.3, -0.25) is 4.79 Å². The molecule has 0 bridgehead atoms. The Bertz CT molecular complexity index is 708. The number of hydrogen-bond acceptors (Lipinski definition) is 4. The van der Waals surface area contributed by atoms with Gasteiger partial charge in [0.1, 0.15) is 11.6 Å².